The first-order valence-corrected chi connectivity index (χ1v) is 12.7. The molecule has 172 valence electrons. The van der Waals surface area contributed by atoms with Crippen molar-refractivity contribution < 1.29 is 17.9 Å². The van der Waals surface area contributed by atoms with Crippen LogP contribution in [0.5, 0.6) is 0 Å². The summed E-state index contributed by atoms with van der Waals surface area (Å²) in [5, 5.41) is 2.87. The lowest BCUT2D eigenvalue weighted by molar-refractivity contribution is -0.117. The SMILES string of the molecule is O=C(CN1CCC(Cc2ccccc2)CC1)Nc1cccc(S(=O)(=O)N2CCOCC2)c1. The van der Waals surface area contributed by atoms with E-state index in [0.717, 1.165) is 32.4 Å². The predicted molar refractivity (Wildman–Crippen MR) is 124 cm³/mol. The van der Waals surface area contributed by atoms with Crippen molar-refractivity contribution in [2.45, 2.75) is 24.2 Å². The molecule has 2 aromatic carbocycles. The summed E-state index contributed by atoms with van der Waals surface area (Å²) < 4.78 is 32.4. The molecule has 1 N–H and O–H groups in total. The number of nitrogens with one attached hydrogen (secondary N) is 1. The minimum absolute atomic E-state index is 0.118. The number of morpholine rings is 1. The van der Waals surface area contributed by atoms with E-state index in [0.29, 0.717) is 44.5 Å². The molecule has 2 aliphatic rings. The van der Waals surface area contributed by atoms with Gasteiger partial charge in [-0.05, 0) is 62.0 Å². The normalized spacial score (nSPS) is 19.0. The summed E-state index contributed by atoms with van der Waals surface area (Å²) in [6.45, 7) is 3.61. The summed E-state index contributed by atoms with van der Waals surface area (Å²) in [5.41, 5.74) is 1.87. The molecular weight excluding hydrogens is 426 g/mol. The third kappa shape index (κ3) is 5.95. The van der Waals surface area contributed by atoms with Crippen LogP contribution >= 0.6 is 0 Å². The van der Waals surface area contributed by atoms with Gasteiger partial charge in [0.05, 0.1) is 24.7 Å². The molecule has 0 saturated carbocycles. The zero-order valence-electron chi connectivity index (χ0n) is 18.3. The largest absolute Gasteiger partial charge is 0.379 e. The third-order valence-corrected chi connectivity index (χ3v) is 8.06. The summed E-state index contributed by atoms with van der Waals surface area (Å²) in [6.07, 6.45) is 3.25. The van der Waals surface area contributed by atoms with Crippen LogP contribution in [0, 0.1) is 5.92 Å². The van der Waals surface area contributed by atoms with E-state index in [1.807, 2.05) is 6.07 Å². The van der Waals surface area contributed by atoms with Crippen LogP contribution in [-0.2, 0) is 26.0 Å². The topological polar surface area (TPSA) is 79.0 Å². The summed E-state index contributed by atoms with van der Waals surface area (Å²) in [6, 6.07) is 17.0. The number of hydrogen-bond acceptors (Lipinski definition) is 5. The second-order valence-electron chi connectivity index (χ2n) is 8.50. The number of ether oxygens (including phenoxy) is 1. The maximum atomic E-state index is 12.9. The molecule has 0 bridgehead atoms. The average molecular weight is 458 g/mol. The first-order chi connectivity index (χ1) is 15.5. The zero-order chi connectivity index (χ0) is 22.4. The van der Waals surface area contributed by atoms with E-state index in [1.54, 1.807) is 18.2 Å². The van der Waals surface area contributed by atoms with Gasteiger partial charge in [-0.1, -0.05) is 36.4 Å². The van der Waals surface area contributed by atoms with Gasteiger partial charge in [-0.25, -0.2) is 8.42 Å². The molecule has 2 heterocycles. The predicted octanol–water partition coefficient (Wildman–Crippen LogP) is 2.60. The Morgan fingerprint density at radius 3 is 2.41 bits per heavy atom. The summed E-state index contributed by atoms with van der Waals surface area (Å²) in [5.74, 6) is 0.534. The number of nitrogens with zero attached hydrogens (tertiary/aromatic N) is 2. The minimum Gasteiger partial charge on any atom is -0.379 e. The zero-order valence-corrected chi connectivity index (χ0v) is 19.1. The average Bonchev–Trinajstić information content (AvgIpc) is 2.82. The number of amides is 1. The second-order valence-corrected chi connectivity index (χ2v) is 10.4. The lowest BCUT2D eigenvalue weighted by atomic mass is 9.90. The van der Waals surface area contributed by atoms with Crippen LogP contribution in [0.3, 0.4) is 0 Å². The monoisotopic (exact) mass is 457 g/mol. The van der Waals surface area contributed by atoms with Gasteiger partial charge in [0.25, 0.3) is 0 Å². The lowest BCUT2D eigenvalue weighted by Gasteiger charge is -2.31. The Hall–Kier alpha value is -2.26. The van der Waals surface area contributed by atoms with Crippen LogP contribution in [0.15, 0.2) is 59.5 Å². The molecule has 0 aliphatic carbocycles. The van der Waals surface area contributed by atoms with E-state index in [1.165, 1.54) is 15.9 Å². The fraction of sp³-hybridized carbons (Fsp3) is 0.458. The molecule has 4 rings (SSSR count). The van der Waals surface area contributed by atoms with E-state index in [-0.39, 0.29) is 10.8 Å². The fourth-order valence-electron chi connectivity index (χ4n) is 4.37. The number of hydrogen-bond donors (Lipinski definition) is 1. The quantitative estimate of drug-likeness (QED) is 0.692. The second kappa shape index (κ2) is 10.6. The Balaban J connectivity index is 1.28. The van der Waals surface area contributed by atoms with Crippen molar-refractivity contribution >= 4 is 21.6 Å². The molecule has 1 amide bonds. The highest BCUT2D eigenvalue weighted by molar-refractivity contribution is 7.89. The maximum Gasteiger partial charge on any atom is 0.243 e. The number of carbonyl (C=O) groups is 1. The van der Waals surface area contributed by atoms with E-state index in [9.17, 15) is 13.2 Å². The molecule has 0 unspecified atom stereocenters. The van der Waals surface area contributed by atoms with Gasteiger partial charge < -0.3 is 10.1 Å². The Labute approximate surface area is 190 Å². The third-order valence-electron chi connectivity index (χ3n) is 6.17. The number of carbonyl (C=O) groups excluding carboxylic acids is 1. The summed E-state index contributed by atoms with van der Waals surface area (Å²) >= 11 is 0. The van der Waals surface area contributed by atoms with Crippen LogP contribution in [0.2, 0.25) is 0 Å². The Morgan fingerprint density at radius 1 is 0.969 bits per heavy atom. The van der Waals surface area contributed by atoms with Gasteiger partial charge in [0, 0.05) is 18.8 Å². The maximum absolute atomic E-state index is 12.9. The molecule has 2 aromatic rings. The molecule has 2 saturated heterocycles. The van der Waals surface area contributed by atoms with E-state index in [4.69, 9.17) is 4.74 Å². The van der Waals surface area contributed by atoms with Gasteiger partial charge in [0.1, 0.15) is 0 Å². The Morgan fingerprint density at radius 2 is 1.69 bits per heavy atom. The van der Waals surface area contributed by atoms with Crippen LogP contribution < -0.4 is 5.32 Å². The van der Waals surface area contributed by atoms with Crippen molar-refractivity contribution in [1.29, 1.82) is 0 Å². The summed E-state index contributed by atoms with van der Waals surface area (Å²) in [7, 11) is -3.59. The van der Waals surface area contributed by atoms with Crippen molar-refractivity contribution in [2.24, 2.45) is 5.92 Å². The number of anilines is 1. The van der Waals surface area contributed by atoms with Crippen molar-refractivity contribution in [1.82, 2.24) is 9.21 Å². The van der Waals surface area contributed by atoms with Crippen LogP contribution in [0.1, 0.15) is 18.4 Å². The number of piperidine rings is 1. The van der Waals surface area contributed by atoms with Gasteiger partial charge in [0.15, 0.2) is 0 Å². The highest BCUT2D eigenvalue weighted by Gasteiger charge is 2.27. The van der Waals surface area contributed by atoms with Gasteiger partial charge in [-0.3, -0.25) is 9.69 Å². The Kier molecular flexibility index (Phi) is 7.57. The highest BCUT2D eigenvalue weighted by Crippen LogP contribution is 2.23. The number of benzene rings is 2. The fourth-order valence-corrected chi connectivity index (χ4v) is 5.82. The molecule has 2 aliphatic heterocycles. The molecule has 2 fully saturated rings. The molecule has 0 spiro atoms. The minimum atomic E-state index is -3.59. The van der Waals surface area contributed by atoms with Gasteiger partial charge in [-0.15, -0.1) is 0 Å². The summed E-state index contributed by atoms with van der Waals surface area (Å²) in [4.78, 5) is 15.0. The van der Waals surface area contributed by atoms with Crippen molar-refractivity contribution in [3.8, 4) is 0 Å². The van der Waals surface area contributed by atoms with Crippen molar-refractivity contribution in [3.05, 3.63) is 60.2 Å². The first-order valence-electron chi connectivity index (χ1n) is 11.2. The van der Waals surface area contributed by atoms with E-state index >= 15 is 0 Å². The standard InChI is InChI=1S/C24H31N3O4S/c28-24(19-26-11-9-21(10-12-26)17-20-5-2-1-3-6-20)25-22-7-4-8-23(18-22)32(29,30)27-13-15-31-16-14-27/h1-8,18,21H,9-17,19H2,(H,25,28). The smallest absolute Gasteiger partial charge is 0.243 e. The molecule has 7 nitrogen and oxygen atoms in total. The van der Waals surface area contributed by atoms with Gasteiger partial charge in [-0.2, -0.15) is 4.31 Å². The van der Waals surface area contributed by atoms with Crippen molar-refractivity contribution in [3.63, 3.8) is 0 Å². The number of rotatable bonds is 7. The molecular formula is C24H31N3O4S. The molecule has 0 radical (unpaired) electrons. The number of likely N-dealkylation sites (tertiary alicyclic amines) is 1. The van der Waals surface area contributed by atoms with E-state index < -0.39 is 10.0 Å². The molecule has 8 heteroatoms. The molecule has 32 heavy (non-hydrogen) atoms. The lowest BCUT2D eigenvalue weighted by Crippen LogP contribution is -2.40. The van der Waals surface area contributed by atoms with Gasteiger partial charge in [0.2, 0.25) is 15.9 Å². The Bertz CT molecular complexity index is 999. The molecule has 0 atom stereocenters. The van der Waals surface area contributed by atoms with Crippen LogP contribution in [0.4, 0.5) is 5.69 Å². The molecule has 0 aromatic heterocycles. The van der Waals surface area contributed by atoms with Crippen LogP contribution in [0.25, 0.3) is 0 Å². The number of sulfonamides is 1. The van der Waals surface area contributed by atoms with Crippen molar-refractivity contribution in [2.75, 3.05) is 51.3 Å². The highest BCUT2D eigenvalue weighted by atomic mass is 32.2. The first kappa shape index (κ1) is 22.9. The van der Waals surface area contributed by atoms with Crippen LogP contribution in [-0.4, -0.2) is 69.5 Å². The van der Waals surface area contributed by atoms with Gasteiger partial charge >= 0.3 is 0 Å². The van der Waals surface area contributed by atoms with E-state index in [2.05, 4.69) is 34.5 Å².